The van der Waals surface area contributed by atoms with E-state index in [1.165, 1.54) is 17.0 Å². The molecule has 1 aliphatic rings. The maximum Gasteiger partial charge on any atom is 0.0590 e. The van der Waals surface area contributed by atoms with E-state index >= 15 is 0 Å². The summed E-state index contributed by atoms with van der Waals surface area (Å²) in [5.41, 5.74) is 3.76. The van der Waals surface area contributed by atoms with Gasteiger partial charge < -0.3 is 0 Å². The lowest BCUT2D eigenvalue weighted by Crippen LogP contribution is -2.44. The maximum absolute atomic E-state index is 4.43. The Hall–Kier alpha value is -1.94. The Morgan fingerprint density at radius 1 is 1.40 bits per heavy atom. The topological polar surface area (TPSA) is 34.0 Å². The Kier molecular flexibility index (Phi) is 3.65. The van der Waals surface area contributed by atoms with Crippen molar-refractivity contribution in [1.82, 2.24) is 19.7 Å². The van der Waals surface area contributed by atoms with E-state index in [2.05, 4.69) is 40.6 Å². The first-order valence-electron chi connectivity index (χ1n) is 7.03. The smallest absolute Gasteiger partial charge is 0.0590 e. The first-order valence-corrected chi connectivity index (χ1v) is 7.03. The monoisotopic (exact) mass is 268 g/mol. The highest BCUT2D eigenvalue weighted by molar-refractivity contribution is 5.19. The Morgan fingerprint density at radius 3 is 2.95 bits per heavy atom. The van der Waals surface area contributed by atoms with E-state index in [4.69, 9.17) is 0 Å². The van der Waals surface area contributed by atoms with Gasteiger partial charge in [-0.15, -0.1) is 6.58 Å². The second-order valence-electron chi connectivity index (χ2n) is 5.37. The molecule has 1 saturated heterocycles. The fraction of sp³-hybridized carbons (Fsp3) is 0.375. The summed E-state index contributed by atoms with van der Waals surface area (Å²) in [5.74, 6) is 0.583. The van der Waals surface area contributed by atoms with Crippen LogP contribution in [0.25, 0.3) is 0 Å². The lowest BCUT2D eigenvalue weighted by Gasteiger charge is -2.38. The summed E-state index contributed by atoms with van der Waals surface area (Å²) in [5, 5.41) is 4.40. The van der Waals surface area contributed by atoms with E-state index < -0.39 is 0 Å². The molecule has 0 atom stereocenters. The SMILES string of the molecule is C=CCn1ncc(CN2CC(c3ccccn3)C2)c1C. The summed E-state index contributed by atoms with van der Waals surface area (Å²) >= 11 is 0. The zero-order valence-electron chi connectivity index (χ0n) is 11.9. The van der Waals surface area contributed by atoms with Crippen LogP contribution in [0.15, 0.2) is 43.2 Å². The number of aromatic nitrogens is 3. The Bertz CT molecular complexity index is 582. The Balaban J connectivity index is 1.58. The maximum atomic E-state index is 4.43. The van der Waals surface area contributed by atoms with E-state index in [0.717, 1.165) is 26.2 Å². The predicted octanol–water partition coefficient (Wildman–Crippen LogP) is 2.37. The highest BCUT2D eigenvalue weighted by Gasteiger charge is 2.29. The number of hydrogen-bond donors (Lipinski definition) is 0. The molecule has 20 heavy (non-hydrogen) atoms. The minimum Gasteiger partial charge on any atom is -0.298 e. The van der Waals surface area contributed by atoms with Gasteiger partial charge in [-0.2, -0.15) is 5.10 Å². The molecular formula is C16H20N4. The minimum atomic E-state index is 0.583. The molecule has 0 amide bonds. The average Bonchev–Trinajstić information content (AvgIpc) is 2.76. The lowest BCUT2D eigenvalue weighted by atomic mass is 9.95. The second kappa shape index (κ2) is 5.59. The molecule has 0 radical (unpaired) electrons. The lowest BCUT2D eigenvalue weighted by molar-refractivity contribution is 0.137. The first kappa shape index (κ1) is 13.1. The van der Waals surface area contributed by atoms with Crippen molar-refractivity contribution >= 4 is 0 Å². The minimum absolute atomic E-state index is 0.583. The van der Waals surface area contributed by atoms with Gasteiger partial charge in [0, 0.05) is 48.7 Å². The third kappa shape index (κ3) is 2.51. The molecule has 0 spiro atoms. The molecule has 0 N–H and O–H groups in total. The standard InChI is InChI=1S/C16H20N4/c1-3-8-20-13(2)14(9-18-20)10-19-11-15(12-19)16-6-4-5-7-17-16/h3-7,9,15H,1,8,10-12H2,2H3. The van der Waals surface area contributed by atoms with Crippen LogP contribution in [0.3, 0.4) is 0 Å². The van der Waals surface area contributed by atoms with Crippen LogP contribution in [0.1, 0.15) is 22.9 Å². The molecule has 0 saturated carbocycles. The molecule has 0 aliphatic carbocycles. The third-order valence-corrected chi connectivity index (χ3v) is 3.96. The van der Waals surface area contributed by atoms with Crippen LogP contribution in [0, 0.1) is 6.92 Å². The van der Waals surface area contributed by atoms with E-state index in [-0.39, 0.29) is 0 Å². The van der Waals surface area contributed by atoms with Crippen LogP contribution in [-0.4, -0.2) is 32.8 Å². The summed E-state index contributed by atoms with van der Waals surface area (Å²) in [4.78, 5) is 6.88. The highest BCUT2D eigenvalue weighted by Crippen LogP contribution is 2.27. The van der Waals surface area contributed by atoms with Gasteiger partial charge in [0.25, 0.3) is 0 Å². The van der Waals surface area contributed by atoms with Gasteiger partial charge >= 0.3 is 0 Å². The average molecular weight is 268 g/mol. The van der Waals surface area contributed by atoms with Crippen LogP contribution in [0.4, 0.5) is 0 Å². The van der Waals surface area contributed by atoms with Gasteiger partial charge in [-0.25, -0.2) is 0 Å². The van der Waals surface area contributed by atoms with Crippen LogP contribution in [0.2, 0.25) is 0 Å². The molecule has 0 bridgehead atoms. The van der Waals surface area contributed by atoms with Crippen LogP contribution < -0.4 is 0 Å². The van der Waals surface area contributed by atoms with Gasteiger partial charge in [-0.05, 0) is 19.1 Å². The largest absolute Gasteiger partial charge is 0.298 e. The number of allylic oxidation sites excluding steroid dienone is 1. The van der Waals surface area contributed by atoms with Crippen molar-refractivity contribution in [3.8, 4) is 0 Å². The predicted molar refractivity (Wildman–Crippen MR) is 79.4 cm³/mol. The molecule has 1 aliphatic heterocycles. The van der Waals surface area contributed by atoms with Gasteiger partial charge in [0.1, 0.15) is 0 Å². The Morgan fingerprint density at radius 2 is 2.25 bits per heavy atom. The second-order valence-corrected chi connectivity index (χ2v) is 5.37. The summed E-state index contributed by atoms with van der Waals surface area (Å²) in [6, 6.07) is 6.15. The molecule has 4 nitrogen and oxygen atoms in total. The molecule has 0 unspecified atom stereocenters. The fourth-order valence-corrected chi connectivity index (χ4v) is 2.69. The zero-order valence-corrected chi connectivity index (χ0v) is 11.9. The van der Waals surface area contributed by atoms with Crippen molar-refractivity contribution in [2.45, 2.75) is 25.9 Å². The van der Waals surface area contributed by atoms with Gasteiger partial charge in [0.05, 0.1) is 12.7 Å². The number of pyridine rings is 1. The number of hydrogen-bond acceptors (Lipinski definition) is 3. The normalized spacial score (nSPS) is 16.1. The van der Waals surface area contributed by atoms with Crippen LogP contribution in [-0.2, 0) is 13.1 Å². The molecule has 1 fully saturated rings. The van der Waals surface area contributed by atoms with Crippen molar-refractivity contribution in [2.24, 2.45) is 0 Å². The van der Waals surface area contributed by atoms with Crippen molar-refractivity contribution in [3.63, 3.8) is 0 Å². The molecule has 4 heteroatoms. The quantitative estimate of drug-likeness (QED) is 0.781. The summed E-state index contributed by atoms with van der Waals surface area (Å²) in [6.07, 6.45) is 5.74. The molecular weight excluding hydrogens is 248 g/mol. The highest BCUT2D eigenvalue weighted by atomic mass is 15.3. The van der Waals surface area contributed by atoms with Crippen molar-refractivity contribution in [3.05, 3.63) is 60.2 Å². The summed E-state index contributed by atoms with van der Waals surface area (Å²) in [6.45, 7) is 9.82. The number of rotatable bonds is 5. The van der Waals surface area contributed by atoms with E-state index in [1.54, 1.807) is 0 Å². The molecule has 2 aromatic rings. The van der Waals surface area contributed by atoms with Gasteiger partial charge in [-0.3, -0.25) is 14.6 Å². The van der Waals surface area contributed by atoms with Crippen LogP contribution in [0.5, 0.6) is 0 Å². The van der Waals surface area contributed by atoms with Crippen molar-refractivity contribution < 1.29 is 0 Å². The molecule has 3 heterocycles. The van der Waals surface area contributed by atoms with Crippen LogP contribution >= 0.6 is 0 Å². The summed E-state index contributed by atoms with van der Waals surface area (Å²) < 4.78 is 2.00. The van der Waals surface area contributed by atoms with Crippen molar-refractivity contribution in [1.29, 1.82) is 0 Å². The molecule has 3 rings (SSSR count). The van der Waals surface area contributed by atoms with E-state index in [9.17, 15) is 0 Å². The number of nitrogens with zero attached hydrogens (tertiary/aromatic N) is 4. The van der Waals surface area contributed by atoms with Gasteiger partial charge in [0.15, 0.2) is 0 Å². The molecule has 2 aromatic heterocycles. The third-order valence-electron chi connectivity index (χ3n) is 3.96. The molecule has 0 aromatic carbocycles. The Labute approximate surface area is 119 Å². The van der Waals surface area contributed by atoms with Crippen molar-refractivity contribution in [2.75, 3.05) is 13.1 Å². The van der Waals surface area contributed by atoms with E-state index in [1.807, 2.05) is 29.2 Å². The summed E-state index contributed by atoms with van der Waals surface area (Å²) in [7, 11) is 0. The fourth-order valence-electron chi connectivity index (χ4n) is 2.69. The zero-order chi connectivity index (χ0) is 13.9. The first-order chi connectivity index (χ1) is 9.78. The van der Waals surface area contributed by atoms with E-state index in [0.29, 0.717) is 5.92 Å². The van der Waals surface area contributed by atoms with Gasteiger partial charge in [-0.1, -0.05) is 12.1 Å². The number of likely N-dealkylation sites (tertiary alicyclic amines) is 1. The molecule has 104 valence electrons. The van der Waals surface area contributed by atoms with Gasteiger partial charge in [0.2, 0.25) is 0 Å².